The number of rotatable bonds is 3. The average Bonchev–Trinajstić information content (AvgIpc) is 2.45. The second-order valence-electron chi connectivity index (χ2n) is 5.03. The van der Waals surface area contributed by atoms with Gasteiger partial charge in [0, 0.05) is 26.1 Å². The summed E-state index contributed by atoms with van der Waals surface area (Å²) in [6, 6.07) is 9.63. The fraction of sp³-hybridized carbons (Fsp3) is 0.467. The molecule has 1 N–H and O–H groups in total. The second-order valence-corrected chi connectivity index (χ2v) is 5.03. The largest absolute Gasteiger partial charge is 0.445 e. The highest BCUT2D eigenvalue weighted by molar-refractivity contribution is 5.73. The van der Waals surface area contributed by atoms with E-state index in [1.165, 1.54) is 6.92 Å². The van der Waals surface area contributed by atoms with Gasteiger partial charge in [-0.05, 0) is 18.4 Å². The molecule has 1 aromatic rings. The Labute approximate surface area is 118 Å². The van der Waals surface area contributed by atoms with E-state index in [1.54, 1.807) is 4.90 Å². The van der Waals surface area contributed by atoms with E-state index in [0.717, 1.165) is 18.4 Å². The normalized spacial score (nSPS) is 18.4. The maximum atomic E-state index is 12.0. The maximum absolute atomic E-state index is 12.0. The molecule has 1 aliphatic heterocycles. The van der Waals surface area contributed by atoms with Crippen LogP contribution < -0.4 is 5.32 Å². The van der Waals surface area contributed by atoms with Crippen LogP contribution in [0.15, 0.2) is 30.3 Å². The maximum Gasteiger partial charge on any atom is 0.410 e. The number of nitrogens with zero attached hydrogens (tertiary/aromatic N) is 1. The number of hydrogen-bond acceptors (Lipinski definition) is 3. The Morgan fingerprint density at radius 1 is 1.35 bits per heavy atom. The molecule has 0 spiro atoms. The van der Waals surface area contributed by atoms with Gasteiger partial charge < -0.3 is 15.0 Å². The minimum Gasteiger partial charge on any atom is -0.445 e. The van der Waals surface area contributed by atoms with Crippen molar-refractivity contribution in [2.24, 2.45) is 0 Å². The van der Waals surface area contributed by atoms with Gasteiger partial charge in [0.05, 0.1) is 0 Å². The predicted octanol–water partition coefficient (Wildman–Crippen LogP) is 1.92. The Hall–Kier alpha value is -2.04. The molecule has 1 heterocycles. The first kappa shape index (κ1) is 14.4. The summed E-state index contributed by atoms with van der Waals surface area (Å²) in [5.74, 6) is -0.0606. The van der Waals surface area contributed by atoms with Crippen molar-refractivity contribution in [2.45, 2.75) is 32.4 Å². The third-order valence-corrected chi connectivity index (χ3v) is 3.29. The number of likely N-dealkylation sites (tertiary alicyclic amines) is 1. The molecule has 0 aromatic heterocycles. The molecule has 1 fully saturated rings. The first-order chi connectivity index (χ1) is 9.65. The molecule has 0 aliphatic carbocycles. The van der Waals surface area contributed by atoms with E-state index in [1.807, 2.05) is 30.3 Å². The molecule has 2 amide bonds. The molecule has 0 bridgehead atoms. The van der Waals surface area contributed by atoms with Crippen LogP contribution >= 0.6 is 0 Å². The van der Waals surface area contributed by atoms with Gasteiger partial charge in [0.25, 0.3) is 0 Å². The SMILES string of the molecule is CC(=O)N[C@H]1CCCN(C(=O)OCc2ccccc2)C1. The van der Waals surface area contributed by atoms with Gasteiger partial charge >= 0.3 is 6.09 Å². The molecule has 0 unspecified atom stereocenters. The van der Waals surface area contributed by atoms with Crippen LogP contribution in [-0.2, 0) is 16.1 Å². The molecular weight excluding hydrogens is 256 g/mol. The highest BCUT2D eigenvalue weighted by Crippen LogP contribution is 2.12. The summed E-state index contributed by atoms with van der Waals surface area (Å²) in [4.78, 5) is 24.7. The van der Waals surface area contributed by atoms with Crippen molar-refractivity contribution < 1.29 is 14.3 Å². The van der Waals surface area contributed by atoms with Crippen LogP contribution in [0.2, 0.25) is 0 Å². The van der Waals surface area contributed by atoms with E-state index in [2.05, 4.69) is 5.32 Å². The van der Waals surface area contributed by atoms with Crippen LogP contribution in [0.3, 0.4) is 0 Å². The topological polar surface area (TPSA) is 58.6 Å². The van der Waals surface area contributed by atoms with Gasteiger partial charge in [-0.2, -0.15) is 0 Å². The zero-order valence-corrected chi connectivity index (χ0v) is 11.7. The quantitative estimate of drug-likeness (QED) is 0.917. The number of piperidine rings is 1. The van der Waals surface area contributed by atoms with Crippen molar-refractivity contribution in [3.05, 3.63) is 35.9 Å². The molecule has 0 radical (unpaired) electrons. The van der Waals surface area contributed by atoms with Crippen molar-refractivity contribution in [1.29, 1.82) is 0 Å². The van der Waals surface area contributed by atoms with Crippen LogP contribution in [-0.4, -0.2) is 36.0 Å². The standard InChI is InChI=1S/C15H20N2O3/c1-12(18)16-14-8-5-9-17(10-14)15(19)20-11-13-6-3-2-4-7-13/h2-4,6-7,14H,5,8-11H2,1H3,(H,16,18)/t14-/m0/s1. The van der Waals surface area contributed by atoms with Crippen LogP contribution in [0, 0.1) is 0 Å². The Bertz CT molecular complexity index is 461. The molecule has 5 nitrogen and oxygen atoms in total. The van der Waals surface area contributed by atoms with E-state index in [9.17, 15) is 9.59 Å². The third-order valence-electron chi connectivity index (χ3n) is 3.29. The van der Waals surface area contributed by atoms with Crippen molar-refractivity contribution in [2.75, 3.05) is 13.1 Å². The Morgan fingerprint density at radius 3 is 2.80 bits per heavy atom. The molecule has 20 heavy (non-hydrogen) atoms. The summed E-state index contributed by atoms with van der Waals surface area (Å²) in [6.07, 6.45) is 1.47. The molecule has 5 heteroatoms. The van der Waals surface area contributed by atoms with Gasteiger partial charge in [-0.1, -0.05) is 30.3 Å². The number of amides is 2. The number of nitrogens with one attached hydrogen (secondary N) is 1. The van der Waals surface area contributed by atoms with Gasteiger partial charge in [-0.25, -0.2) is 4.79 Å². The summed E-state index contributed by atoms with van der Waals surface area (Å²) in [5.41, 5.74) is 0.969. The lowest BCUT2D eigenvalue weighted by molar-refractivity contribution is -0.120. The molecule has 2 rings (SSSR count). The van der Waals surface area contributed by atoms with Gasteiger partial charge in [0.2, 0.25) is 5.91 Å². The van der Waals surface area contributed by atoms with Gasteiger partial charge in [0.1, 0.15) is 6.61 Å². The average molecular weight is 276 g/mol. The van der Waals surface area contributed by atoms with Crippen molar-refractivity contribution in [3.63, 3.8) is 0 Å². The minimum absolute atomic E-state index is 0.0329. The van der Waals surface area contributed by atoms with E-state index in [0.29, 0.717) is 13.1 Å². The molecular formula is C15H20N2O3. The van der Waals surface area contributed by atoms with Crippen LogP contribution in [0.1, 0.15) is 25.3 Å². The molecule has 108 valence electrons. The fourth-order valence-corrected chi connectivity index (χ4v) is 2.36. The van der Waals surface area contributed by atoms with E-state index < -0.39 is 0 Å². The monoisotopic (exact) mass is 276 g/mol. The first-order valence-corrected chi connectivity index (χ1v) is 6.88. The zero-order chi connectivity index (χ0) is 14.4. The lowest BCUT2D eigenvalue weighted by Gasteiger charge is -2.32. The highest BCUT2D eigenvalue weighted by Gasteiger charge is 2.24. The lowest BCUT2D eigenvalue weighted by atomic mass is 10.1. The van der Waals surface area contributed by atoms with E-state index in [4.69, 9.17) is 4.74 Å². The first-order valence-electron chi connectivity index (χ1n) is 6.88. The smallest absolute Gasteiger partial charge is 0.410 e. The molecule has 1 atom stereocenters. The lowest BCUT2D eigenvalue weighted by Crippen LogP contribution is -2.49. The molecule has 1 aliphatic rings. The predicted molar refractivity (Wildman–Crippen MR) is 75.0 cm³/mol. The summed E-state index contributed by atoms with van der Waals surface area (Å²) in [5, 5.41) is 2.85. The third kappa shape index (κ3) is 4.26. The van der Waals surface area contributed by atoms with Gasteiger partial charge in [-0.3, -0.25) is 4.79 Å². The number of carbonyl (C=O) groups excluding carboxylic acids is 2. The van der Waals surface area contributed by atoms with Crippen LogP contribution in [0.4, 0.5) is 4.79 Å². The summed E-state index contributed by atoms with van der Waals surface area (Å²) in [6.45, 7) is 2.98. The number of ether oxygens (including phenoxy) is 1. The number of benzene rings is 1. The molecule has 1 saturated heterocycles. The fourth-order valence-electron chi connectivity index (χ4n) is 2.36. The molecule has 1 aromatic carbocycles. The van der Waals surface area contributed by atoms with E-state index in [-0.39, 0.29) is 24.6 Å². The number of carbonyl (C=O) groups is 2. The van der Waals surface area contributed by atoms with Crippen molar-refractivity contribution >= 4 is 12.0 Å². The van der Waals surface area contributed by atoms with Crippen LogP contribution in [0.25, 0.3) is 0 Å². The van der Waals surface area contributed by atoms with Crippen molar-refractivity contribution in [3.8, 4) is 0 Å². The summed E-state index contributed by atoms with van der Waals surface area (Å²) in [7, 11) is 0. The zero-order valence-electron chi connectivity index (χ0n) is 11.7. The van der Waals surface area contributed by atoms with Gasteiger partial charge in [-0.15, -0.1) is 0 Å². The van der Waals surface area contributed by atoms with E-state index >= 15 is 0 Å². The Kier molecular flexibility index (Phi) is 4.98. The summed E-state index contributed by atoms with van der Waals surface area (Å²) < 4.78 is 5.30. The minimum atomic E-state index is -0.316. The Morgan fingerprint density at radius 2 is 2.10 bits per heavy atom. The summed E-state index contributed by atoms with van der Waals surface area (Å²) >= 11 is 0. The number of hydrogen-bond donors (Lipinski definition) is 1. The van der Waals surface area contributed by atoms with Crippen molar-refractivity contribution in [1.82, 2.24) is 10.2 Å². The highest BCUT2D eigenvalue weighted by atomic mass is 16.6. The van der Waals surface area contributed by atoms with Crippen LogP contribution in [0.5, 0.6) is 0 Å². The second kappa shape index (κ2) is 6.93. The molecule has 0 saturated carbocycles. The van der Waals surface area contributed by atoms with Gasteiger partial charge in [0.15, 0.2) is 0 Å². The Balaban J connectivity index is 1.81.